The van der Waals surface area contributed by atoms with Crippen LogP contribution in [0.5, 0.6) is 0 Å². The Kier molecular flexibility index (Phi) is 7.88. The Hall–Kier alpha value is -1.15. The average Bonchev–Trinajstić information content (AvgIpc) is 3.02. The zero-order valence-electron chi connectivity index (χ0n) is 16.6. The van der Waals surface area contributed by atoms with E-state index >= 15 is 0 Å². The van der Waals surface area contributed by atoms with Crippen LogP contribution in [-0.4, -0.2) is 24.2 Å². The molecule has 1 aliphatic rings. The highest BCUT2D eigenvalue weighted by Crippen LogP contribution is 2.37. The third-order valence-corrected chi connectivity index (χ3v) is 6.90. The molecule has 142 valence electrons. The summed E-state index contributed by atoms with van der Waals surface area (Å²) in [5, 5.41) is 4.02. The standard InChI is InChI=1S/C22H32N2S2/c1-7-21-20(15-19(26-21)13-14-22(3,4)5)24(8-2)17-9-11-18(12-10-17)25-16-23-6/h7-8,15,17-18,23H,1-2,9-12,16H2,3-6H3. The van der Waals surface area contributed by atoms with Crippen molar-refractivity contribution in [2.45, 2.75) is 57.7 Å². The monoisotopic (exact) mass is 388 g/mol. The molecule has 4 heteroatoms. The van der Waals surface area contributed by atoms with Crippen LogP contribution in [0, 0.1) is 17.3 Å². The van der Waals surface area contributed by atoms with Crippen molar-refractivity contribution in [3.63, 3.8) is 0 Å². The van der Waals surface area contributed by atoms with E-state index in [1.54, 1.807) is 11.3 Å². The third-order valence-electron chi connectivity index (χ3n) is 4.46. The van der Waals surface area contributed by atoms with Gasteiger partial charge in [-0.05, 0) is 71.8 Å². The van der Waals surface area contributed by atoms with E-state index in [1.807, 2.05) is 31.1 Å². The zero-order valence-corrected chi connectivity index (χ0v) is 18.2. The number of rotatable bonds is 7. The summed E-state index contributed by atoms with van der Waals surface area (Å²) in [5.74, 6) is 7.72. The van der Waals surface area contributed by atoms with Gasteiger partial charge < -0.3 is 10.2 Å². The van der Waals surface area contributed by atoms with Crippen molar-refractivity contribution in [2.24, 2.45) is 5.41 Å². The van der Waals surface area contributed by atoms with Crippen molar-refractivity contribution < 1.29 is 0 Å². The van der Waals surface area contributed by atoms with E-state index in [1.165, 1.54) is 36.2 Å². The molecule has 0 bridgehead atoms. The van der Waals surface area contributed by atoms with Crippen LogP contribution in [0.25, 0.3) is 6.08 Å². The minimum absolute atomic E-state index is 0.0139. The molecular formula is C22H32N2S2. The molecule has 2 nitrogen and oxygen atoms in total. The van der Waals surface area contributed by atoms with Gasteiger partial charge in [0.1, 0.15) is 0 Å². The van der Waals surface area contributed by atoms with E-state index in [4.69, 9.17) is 0 Å². The van der Waals surface area contributed by atoms with E-state index < -0.39 is 0 Å². The fourth-order valence-corrected chi connectivity index (χ4v) is 5.06. The summed E-state index contributed by atoms with van der Waals surface area (Å²) in [6.45, 7) is 14.5. The highest BCUT2D eigenvalue weighted by Gasteiger charge is 2.26. The van der Waals surface area contributed by atoms with Crippen molar-refractivity contribution >= 4 is 34.9 Å². The van der Waals surface area contributed by atoms with Crippen LogP contribution in [-0.2, 0) is 0 Å². The van der Waals surface area contributed by atoms with Crippen LogP contribution in [0.4, 0.5) is 5.69 Å². The first-order valence-electron chi connectivity index (χ1n) is 9.34. The van der Waals surface area contributed by atoms with Crippen LogP contribution in [0.15, 0.2) is 25.4 Å². The Labute approximate surface area is 168 Å². The molecule has 26 heavy (non-hydrogen) atoms. The smallest absolute Gasteiger partial charge is 0.0796 e. The first kappa shape index (κ1) is 21.2. The Balaban J connectivity index is 2.14. The summed E-state index contributed by atoms with van der Waals surface area (Å²) in [4.78, 5) is 4.65. The molecule has 0 unspecified atom stereocenters. The molecule has 0 spiro atoms. The van der Waals surface area contributed by atoms with Gasteiger partial charge in [-0.3, -0.25) is 0 Å². The maximum atomic E-state index is 4.10. The van der Waals surface area contributed by atoms with E-state index in [0.717, 1.165) is 16.0 Å². The summed E-state index contributed by atoms with van der Waals surface area (Å²) in [7, 11) is 2.02. The molecule has 1 fully saturated rings. The fraction of sp³-hybridized carbons (Fsp3) is 0.545. The molecule has 2 rings (SSSR count). The molecule has 1 aromatic rings. The molecule has 1 saturated carbocycles. The SMILES string of the molecule is C=Cc1sc(C#CC(C)(C)C)cc1N(C=C)C1CCC(SCNC)CC1. The number of hydrogen-bond donors (Lipinski definition) is 1. The largest absolute Gasteiger partial charge is 0.344 e. The van der Waals surface area contributed by atoms with Gasteiger partial charge in [-0.1, -0.05) is 25.0 Å². The van der Waals surface area contributed by atoms with Crippen molar-refractivity contribution in [3.05, 3.63) is 35.2 Å². The van der Waals surface area contributed by atoms with Gasteiger partial charge in [-0.15, -0.1) is 23.1 Å². The molecule has 1 aliphatic carbocycles. The van der Waals surface area contributed by atoms with Gasteiger partial charge in [0.25, 0.3) is 0 Å². The third kappa shape index (κ3) is 5.94. The first-order valence-corrected chi connectivity index (χ1v) is 11.2. The number of thiophene rings is 1. The summed E-state index contributed by atoms with van der Waals surface area (Å²) < 4.78 is 0. The normalized spacial score (nSPS) is 20.2. The predicted molar refractivity (Wildman–Crippen MR) is 121 cm³/mol. The van der Waals surface area contributed by atoms with E-state index in [2.05, 4.69) is 62.1 Å². The summed E-state index contributed by atoms with van der Waals surface area (Å²) in [6, 6.07) is 2.74. The molecule has 0 saturated heterocycles. The lowest BCUT2D eigenvalue weighted by Crippen LogP contribution is -2.35. The Bertz CT molecular complexity index is 665. The number of nitrogens with one attached hydrogen (secondary N) is 1. The topological polar surface area (TPSA) is 15.3 Å². The lowest BCUT2D eigenvalue weighted by Gasteiger charge is -2.36. The maximum Gasteiger partial charge on any atom is 0.0796 e. The van der Waals surface area contributed by atoms with Crippen LogP contribution in [0.2, 0.25) is 0 Å². The summed E-state index contributed by atoms with van der Waals surface area (Å²) in [6.07, 6.45) is 8.90. The lowest BCUT2D eigenvalue weighted by molar-refractivity contribution is 0.443. The number of anilines is 1. The van der Waals surface area contributed by atoms with E-state index in [9.17, 15) is 0 Å². The molecule has 1 N–H and O–H groups in total. The van der Waals surface area contributed by atoms with Crippen molar-refractivity contribution in [1.82, 2.24) is 5.32 Å². The van der Waals surface area contributed by atoms with Gasteiger partial charge in [0.15, 0.2) is 0 Å². The van der Waals surface area contributed by atoms with E-state index in [0.29, 0.717) is 6.04 Å². The van der Waals surface area contributed by atoms with Crippen LogP contribution < -0.4 is 10.2 Å². The molecule has 0 aliphatic heterocycles. The molecule has 0 radical (unpaired) electrons. The van der Waals surface area contributed by atoms with Gasteiger partial charge >= 0.3 is 0 Å². The minimum atomic E-state index is 0.0139. The van der Waals surface area contributed by atoms with Crippen molar-refractivity contribution in [3.8, 4) is 11.8 Å². The van der Waals surface area contributed by atoms with Crippen molar-refractivity contribution in [1.29, 1.82) is 0 Å². The second-order valence-electron chi connectivity index (χ2n) is 7.75. The quantitative estimate of drug-likeness (QED) is 0.458. The van der Waals surface area contributed by atoms with E-state index in [-0.39, 0.29) is 5.41 Å². The molecular weight excluding hydrogens is 356 g/mol. The fourth-order valence-electron chi connectivity index (χ4n) is 3.19. The molecule has 0 amide bonds. The number of nitrogens with zero attached hydrogens (tertiary/aromatic N) is 1. The molecule has 1 aromatic heterocycles. The van der Waals surface area contributed by atoms with Gasteiger partial charge in [0, 0.05) is 22.6 Å². The Morgan fingerprint density at radius 1 is 1.31 bits per heavy atom. The van der Waals surface area contributed by atoms with Crippen LogP contribution in [0.3, 0.4) is 0 Å². The molecule has 0 atom stereocenters. The van der Waals surface area contributed by atoms with Crippen LogP contribution in [0.1, 0.15) is 56.2 Å². The molecule has 1 heterocycles. The molecule has 0 aromatic carbocycles. The van der Waals surface area contributed by atoms with Crippen LogP contribution >= 0.6 is 23.1 Å². The van der Waals surface area contributed by atoms with Gasteiger partial charge in [-0.2, -0.15) is 0 Å². The Morgan fingerprint density at radius 3 is 2.54 bits per heavy atom. The summed E-state index contributed by atoms with van der Waals surface area (Å²) >= 11 is 3.77. The number of thioether (sulfide) groups is 1. The van der Waals surface area contributed by atoms with Crippen molar-refractivity contribution in [2.75, 3.05) is 17.8 Å². The maximum absolute atomic E-state index is 4.10. The second kappa shape index (κ2) is 9.69. The Morgan fingerprint density at radius 2 is 2.00 bits per heavy atom. The summed E-state index contributed by atoms with van der Waals surface area (Å²) in [5.41, 5.74) is 1.23. The minimum Gasteiger partial charge on any atom is -0.344 e. The van der Waals surface area contributed by atoms with Gasteiger partial charge in [0.05, 0.1) is 15.4 Å². The average molecular weight is 389 g/mol. The predicted octanol–water partition coefficient (Wildman–Crippen LogP) is 5.96. The van der Waals surface area contributed by atoms with Gasteiger partial charge in [-0.25, -0.2) is 0 Å². The zero-order chi connectivity index (χ0) is 19.2. The number of hydrogen-bond acceptors (Lipinski definition) is 4. The van der Waals surface area contributed by atoms with Gasteiger partial charge in [0.2, 0.25) is 0 Å². The lowest BCUT2D eigenvalue weighted by atomic mass is 9.93. The highest BCUT2D eigenvalue weighted by atomic mass is 32.2. The first-order chi connectivity index (χ1) is 12.4. The highest BCUT2D eigenvalue weighted by molar-refractivity contribution is 7.99. The second-order valence-corrected chi connectivity index (χ2v) is 10.1.